The Morgan fingerprint density at radius 3 is 1.89 bits per heavy atom. The van der Waals surface area contributed by atoms with Crippen LogP contribution in [0.2, 0.25) is 10.0 Å². The fraction of sp³-hybridized carbons (Fsp3) is 0.0952. The summed E-state index contributed by atoms with van der Waals surface area (Å²) in [6.07, 6.45) is 0. The fourth-order valence-corrected chi connectivity index (χ4v) is 3.49. The summed E-state index contributed by atoms with van der Waals surface area (Å²) in [6.45, 7) is 0. The van der Waals surface area contributed by atoms with Crippen molar-refractivity contribution in [2.24, 2.45) is 4.99 Å². The van der Waals surface area contributed by atoms with Gasteiger partial charge in [0.1, 0.15) is 11.9 Å². The van der Waals surface area contributed by atoms with Gasteiger partial charge in [0.25, 0.3) is 5.69 Å². The molecular weight excluding hydrogens is 397 g/mol. The molecule has 0 aliphatic carbocycles. The highest BCUT2D eigenvalue weighted by Crippen LogP contribution is 2.37. The quantitative estimate of drug-likeness (QED) is 0.439. The molecule has 3 aromatic rings. The number of hydrogen-bond acceptors (Lipinski definition) is 4. The van der Waals surface area contributed by atoms with Gasteiger partial charge in [-0.1, -0.05) is 47.5 Å². The Bertz CT molecular complexity index is 1030. The van der Waals surface area contributed by atoms with E-state index >= 15 is 0 Å². The van der Waals surface area contributed by atoms with Crippen molar-refractivity contribution in [3.05, 3.63) is 110 Å². The number of nitro groups is 1. The number of nitro benzene ring substituents is 1. The second-order valence-corrected chi connectivity index (χ2v) is 7.32. The van der Waals surface area contributed by atoms with E-state index in [1.165, 1.54) is 12.1 Å². The summed E-state index contributed by atoms with van der Waals surface area (Å²) in [4.78, 5) is 15.4. The zero-order chi connectivity index (χ0) is 19.7. The lowest BCUT2D eigenvalue weighted by Gasteiger charge is -2.20. The molecule has 5 nitrogen and oxygen atoms in total. The lowest BCUT2D eigenvalue weighted by molar-refractivity contribution is -0.384. The molecule has 1 aliphatic rings. The van der Waals surface area contributed by atoms with E-state index < -0.39 is 4.92 Å². The van der Waals surface area contributed by atoms with Gasteiger partial charge in [-0.05, 0) is 47.5 Å². The molecule has 28 heavy (non-hydrogen) atoms. The van der Waals surface area contributed by atoms with Gasteiger partial charge in [0, 0.05) is 27.7 Å². The first-order valence-electron chi connectivity index (χ1n) is 8.61. The van der Waals surface area contributed by atoms with Crippen LogP contribution in [0, 0.1) is 10.1 Å². The van der Waals surface area contributed by atoms with Gasteiger partial charge in [0.15, 0.2) is 0 Å². The van der Waals surface area contributed by atoms with Crippen molar-refractivity contribution in [1.82, 2.24) is 5.32 Å². The van der Waals surface area contributed by atoms with Crippen LogP contribution >= 0.6 is 23.2 Å². The number of halogens is 2. The second kappa shape index (κ2) is 7.62. The number of rotatable bonds is 4. The first-order chi connectivity index (χ1) is 13.5. The van der Waals surface area contributed by atoms with Crippen LogP contribution in [0.4, 0.5) is 5.69 Å². The number of amidine groups is 1. The molecule has 0 spiro atoms. The third-order valence-electron chi connectivity index (χ3n) is 4.67. The van der Waals surface area contributed by atoms with Gasteiger partial charge in [0.2, 0.25) is 0 Å². The maximum absolute atomic E-state index is 10.9. The molecule has 0 bridgehead atoms. The lowest BCUT2D eigenvalue weighted by atomic mass is 9.95. The lowest BCUT2D eigenvalue weighted by Crippen LogP contribution is -2.25. The third-order valence-corrected chi connectivity index (χ3v) is 5.17. The van der Waals surface area contributed by atoms with Crippen molar-refractivity contribution in [2.45, 2.75) is 12.1 Å². The largest absolute Gasteiger partial charge is 0.361 e. The molecule has 7 heteroatoms. The smallest absolute Gasteiger partial charge is 0.269 e. The van der Waals surface area contributed by atoms with E-state index in [1.807, 2.05) is 48.5 Å². The van der Waals surface area contributed by atoms with E-state index in [0.29, 0.717) is 15.9 Å². The van der Waals surface area contributed by atoms with E-state index in [2.05, 4.69) is 5.32 Å². The minimum atomic E-state index is -0.416. The summed E-state index contributed by atoms with van der Waals surface area (Å²) in [7, 11) is 0. The van der Waals surface area contributed by atoms with Crippen LogP contribution in [-0.2, 0) is 0 Å². The Morgan fingerprint density at radius 2 is 1.36 bits per heavy atom. The molecule has 0 fully saturated rings. The Kier molecular flexibility index (Phi) is 5.03. The second-order valence-electron chi connectivity index (χ2n) is 6.45. The minimum absolute atomic E-state index is 0.0471. The molecule has 3 aromatic carbocycles. The number of aliphatic imine (C=N–C) groups is 1. The van der Waals surface area contributed by atoms with E-state index in [-0.39, 0.29) is 17.8 Å². The first kappa shape index (κ1) is 18.5. The summed E-state index contributed by atoms with van der Waals surface area (Å²) in [5.41, 5.74) is 2.91. The standard InChI is InChI=1S/C21H15Cl2N3O2/c22-16-7-1-13(2-8-16)19-20(14-3-9-17(23)10-4-14)25-21(24-19)15-5-11-18(12-6-15)26(27)28/h1-12,19-20H,(H,24,25). The van der Waals surface area contributed by atoms with Crippen molar-refractivity contribution < 1.29 is 4.92 Å². The van der Waals surface area contributed by atoms with Crippen molar-refractivity contribution in [3.63, 3.8) is 0 Å². The van der Waals surface area contributed by atoms with Gasteiger partial charge in [0.05, 0.1) is 11.0 Å². The Balaban J connectivity index is 1.72. The molecule has 0 saturated heterocycles. The normalized spacial score (nSPS) is 18.4. The summed E-state index contributed by atoms with van der Waals surface area (Å²) in [5.74, 6) is 0.690. The monoisotopic (exact) mass is 411 g/mol. The predicted octanol–water partition coefficient (Wildman–Crippen LogP) is 5.73. The Morgan fingerprint density at radius 1 is 0.821 bits per heavy atom. The maximum atomic E-state index is 10.9. The topological polar surface area (TPSA) is 67.5 Å². The van der Waals surface area contributed by atoms with E-state index in [9.17, 15) is 10.1 Å². The van der Waals surface area contributed by atoms with Crippen molar-refractivity contribution in [3.8, 4) is 0 Å². The Labute approximate surface area is 171 Å². The number of nitrogens with one attached hydrogen (secondary N) is 1. The van der Waals surface area contributed by atoms with Gasteiger partial charge in [-0.3, -0.25) is 15.1 Å². The molecule has 140 valence electrons. The van der Waals surface area contributed by atoms with Crippen molar-refractivity contribution >= 4 is 34.7 Å². The van der Waals surface area contributed by atoms with E-state index in [4.69, 9.17) is 28.2 Å². The van der Waals surface area contributed by atoms with E-state index in [0.717, 1.165) is 16.7 Å². The molecular formula is C21H15Cl2N3O2. The average molecular weight is 412 g/mol. The van der Waals surface area contributed by atoms with Gasteiger partial charge >= 0.3 is 0 Å². The number of benzene rings is 3. The highest BCUT2D eigenvalue weighted by Gasteiger charge is 2.31. The van der Waals surface area contributed by atoms with Crippen LogP contribution in [0.5, 0.6) is 0 Å². The molecule has 2 unspecified atom stereocenters. The van der Waals surface area contributed by atoms with Crippen LogP contribution in [0.15, 0.2) is 77.8 Å². The Hall–Kier alpha value is -2.89. The fourth-order valence-electron chi connectivity index (χ4n) is 3.24. The molecule has 0 radical (unpaired) electrons. The van der Waals surface area contributed by atoms with Crippen LogP contribution in [-0.4, -0.2) is 10.8 Å². The minimum Gasteiger partial charge on any atom is -0.361 e. The molecule has 0 saturated carbocycles. The van der Waals surface area contributed by atoms with Gasteiger partial charge < -0.3 is 5.32 Å². The van der Waals surface area contributed by atoms with Gasteiger partial charge in [-0.25, -0.2) is 0 Å². The van der Waals surface area contributed by atoms with Gasteiger partial charge in [-0.15, -0.1) is 0 Å². The summed E-state index contributed by atoms with van der Waals surface area (Å²) in [5, 5.41) is 15.7. The van der Waals surface area contributed by atoms with Crippen LogP contribution < -0.4 is 5.32 Å². The molecule has 0 amide bonds. The van der Waals surface area contributed by atoms with E-state index in [1.54, 1.807) is 12.1 Å². The molecule has 2 atom stereocenters. The van der Waals surface area contributed by atoms with Gasteiger partial charge in [-0.2, -0.15) is 0 Å². The van der Waals surface area contributed by atoms with Crippen LogP contribution in [0.1, 0.15) is 28.8 Å². The highest BCUT2D eigenvalue weighted by molar-refractivity contribution is 6.30. The van der Waals surface area contributed by atoms with Crippen LogP contribution in [0.25, 0.3) is 0 Å². The first-order valence-corrected chi connectivity index (χ1v) is 9.37. The number of non-ortho nitro benzene ring substituents is 1. The number of hydrogen-bond donors (Lipinski definition) is 1. The third kappa shape index (κ3) is 3.72. The predicted molar refractivity (Wildman–Crippen MR) is 111 cm³/mol. The molecule has 4 rings (SSSR count). The van der Waals surface area contributed by atoms with Crippen molar-refractivity contribution in [2.75, 3.05) is 0 Å². The average Bonchev–Trinajstić information content (AvgIpc) is 3.14. The summed E-state index contributed by atoms with van der Waals surface area (Å²) >= 11 is 12.1. The maximum Gasteiger partial charge on any atom is 0.269 e. The number of nitrogens with zero attached hydrogens (tertiary/aromatic N) is 2. The molecule has 0 aromatic heterocycles. The molecule has 1 heterocycles. The molecule has 1 N–H and O–H groups in total. The summed E-state index contributed by atoms with van der Waals surface area (Å²) in [6, 6.07) is 21.3. The zero-order valence-electron chi connectivity index (χ0n) is 14.5. The van der Waals surface area contributed by atoms with Crippen LogP contribution in [0.3, 0.4) is 0 Å². The highest BCUT2D eigenvalue weighted by atomic mass is 35.5. The van der Waals surface area contributed by atoms with Crippen molar-refractivity contribution in [1.29, 1.82) is 0 Å². The summed E-state index contributed by atoms with van der Waals surface area (Å²) < 4.78 is 0. The molecule has 1 aliphatic heterocycles. The zero-order valence-corrected chi connectivity index (χ0v) is 16.1. The SMILES string of the molecule is O=[N+]([O-])c1ccc(C2=NC(c3ccc(Cl)cc3)C(c3ccc(Cl)cc3)N2)cc1.